The largest absolute Gasteiger partial charge is 0.450 e. The zero-order valence-electron chi connectivity index (χ0n) is 11.7. The van der Waals surface area contributed by atoms with E-state index in [9.17, 15) is 10.1 Å². The average molecular weight is 351 g/mol. The van der Waals surface area contributed by atoms with Gasteiger partial charge >= 0.3 is 5.69 Å². The Balaban J connectivity index is 2.39. The van der Waals surface area contributed by atoms with E-state index in [4.69, 9.17) is 10.5 Å². The second kappa shape index (κ2) is 6.24. The van der Waals surface area contributed by atoms with E-state index >= 15 is 0 Å². The maximum atomic E-state index is 11.1. The fourth-order valence-corrected chi connectivity index (χ4v) is 2.69. The fraction of sp³-hybridized carbons (Fsp3) is 0.200. The lowest BCUT2D eigenvalue weighted by molar-refractivity contribution is -0.385. The van der Waals surface area contributed by atoms with Crippen molar-refractivity contribution in [3.63, 3.8) is 0 Å². The summed E-state index contributed by atoms with van der Waals surface area (Å²) in [6, 6.07) is 10.1. The Bertz CT molecular complexity index is 687. The van der Waals surface area contributed by atoms with Crippen molar-refractivity contribution in [2.24, 2.45) is 5.73 Å². The van der Waals surface area contributed by atoms with Gasteiger partial charge in [0.25, 0.3) is 0 Å². The van der Waals surface area contributed by atoms with Crippen molar-refractivity contribution in [1.29, 1.82) is 0 Å². The van der Waals surface area contributed by atoms with Crippen LogP contribution in [0.25, 0.3) is 0 Å². The van der Waals surface area contributed by atoms with Crippen LogP contribution < -0.4 is 10.5 Å². The number of para-hydroxylation sites is 1. The molecule has 1 unspecified atom stereocenters. The summed E-state index contributed by atoms with van der Waals surface area (Å²) in [6.07, 6.45) is 0. The number of nitro benzene ring substituents is 1. The lowest BCUT2D eigenvalue weighted by Crippen LogP contribution is -2.05. The predicted molar refractivity (Wildman–Crippen MR) is 84.7 cm³/mol. The molecule has 2 rings (SSSR count). The summed E-state index contributed by atoms with van der Waals surface area (Å²) in [6.45, 7) is 3.65. The van der Waals surface area contributed by atoms with Gasteiger partial charge in [0, 0.05) is 16.6 Å². The van der Waals surface area contributed by atoms with Crippen molar-refractivity contribution in [2.75, 3.05) is 0 Å². The topological polar surface area (TPSA) is 78.4 Å². The van der Waals surface area contributed by atoms with Gasteiger partial charge in [0.2, 0.25) is 5.75 Å². The standard InChI is InChI=1S/C15H15BrN2O3/c1-9-4-3-5-14(18(19)20)15(9)21-11-6-7-12(10(2)17)13(16)8-11/h3-8,10H,17H2,1-2H3. The fourth-order valence-electron chi connectivity index (χ4n) is 1.97. The molecule has 0 amide bonds. The van der Waals surface area contributed by atoms with Crippen LogP contribution in [-0.4, -0.2) is 4.92 Å². The smallest absolute Gasteiger partial charge is 0.311 e. The molecule has 0 heterocycles. The number of nitrogens with two attached hydrogens (primary N) is 1. The molecule has 0 spiro atoms. The summed E-state index contributed by atoms with van der Waals surface area (Å²) < 4.78 is 6.52. The first-order chi connectivity index (χ1) is 9.90. The Labute approximate surface area is 131 Å². The lowest BCUT2D eigenvalue weighted by atomic mass is 10.1. The molecule has 5 nitrogen and oxygen atoms in total. The van der Waals surface area contributed by atoms with E-state index in [1.54, 1.807) is 31.2 Å². The van der Waals surface area contributed by atoms with Crippen molar-refractivity contribution in [3.05, 3.63) is 62.1 Å². The van der Waals surface area contributed by atoms with E-state index in [0.717, 1.165) is 10.0 Å². The van der Waals surface area contributed by atoms with E-state index in [-0.39, 0.29) is 17.5 Å². The highest BCUT2D eigenvalue weighted by atomic mass is 79.9. The third-order valence-corrected chi connectivity index (χ3v) is 3.76. The molecule has 0 aliphatic rings. The molecule has 6 heteroatoms. The highest BCUT2D eigenvalue weighted by Crippen LogP contribution is 2.36. The summed E-state index contributed by atoms with van der Waals surface area (Å²) in [5, 5.41) is 11.1. The zero-order valence-corrected chi connectivity index (χ0v) is 13.3. The SMILES string of the molecule is Cc1cccc([N+](=O)[O-])c1Oc1ccc(C(C)N)c(Br)c1. The van der Waals surface area contributed by atoms with Crippen LogP contribution in [0.5, 0.6) is 11.5 Å². The Hall–Kier alpha value is -1.92. The predicted octanol–water partition coefficient (Wildman–Crippen LogP) is 4.48. The molecule has 0 aromatic heterocycles. The van der Waals surface area contributed by atoms with Crippen LogP contribution in [0.2, 0.25) is 0 Å². The molecule has 0 radical (unpaired) electrons. The molecule has 2 aromatic rings. The molecule has 0 bridgehead atoms. The number of hydrogen-bond acceptors (Lipinski definition) is 4. The monoisotopic (exact) mass is 350 g/mol. The summed E-state index contributed by atoms with van der Waals surface area (Å²) >= 11 is 3.43. The minimum Gasteiger partial charge on any atom is -0.450 e. The van der Waals surface area contributed by atoms with Gasteiger partial charge in [0.05, 0.1) is 4.92 Å². The number of benzene rings is 2. The van der Waals surface area contributed by atoms with E-state index in [1.807, 2.05) is 13.0 Å². The first-order valence-corrected chi connectivity index (χ1v) is 7.16. The van der Waals surface area contributed by atoms with E-state index in [2.05, 4.69) is 15.9 Å². The van der Waals surface area contributed by atoms with Crippen LogP contribution in [0.15, 0.2) is 40.9 Å². The van der Waals surface area contributed by atoms with Crippen LogP contribution in [0.1, 0.15) is 24.1 Å². The number of nitro groups is 1. The quantitative estimate of drug-likeness (QED) is 0.651. The maximum absolute atomic E-state index is 11.1. The van der Waals surface area contributed by atoms with Crippen LogP contribution >= 0.6 is 15.9 Å². The average Bonchev–Trinajstić information content (AvgIpc) is 2.40. The van der Waals surface area contributed by atoms with Gasteiger partial charge < -0.3 is 10.5 Å². The summed E-state index contributed by atoms with van der Waals surface area (Å²) in [7, 11) is 0. The van der Waals surface area contributed by atoms with Gasteiger partial charge in [-0.1, -0.05) is 34.1 Å². The summed E-state index contributed by atoms with van der Waals surface area (Å²) in [5.41, 5.74) is 7.44. The van der Waals surface area contributed by atoms with Crippen LogP contribution in [0.3, 0.4) is 0 Å². The normalized spacial score (nSPS) is 12.0. The number of hydrogen-bond donors (Lipinski definition) is 1. The van der Waals surface area contributed by atoms with Crippen LogP contribution in [0, 0.1) is 17.0 Å². The Morgan fingerprint density at radius 1 is 1.33 bits per heavy atom. The van der Waals surface area contributed by atoms with Gasteiger partial charge in [0.15, 0.2) is 0 Å². The van der Waals surface area contributed by atoms with Crippen molar-refractivity contribution < 1.29 is 9.66 Å². The number of nitrogens with zero attached hydrogens (tertiary/aromatic N) is 1. The highest BCUT2D eigenvalue weighted by molar-refractivity contribution is 9.10. The second-order valence-corrected chi connectivity index (χ2v) is 5.61. The van der Waals surface area contributed by atoms with E-state index < -0.39 is 4.92 Å². The van der Waals surface area contributed by atoms with Crippen molar-refractivity contribution >= 4 is 21.6 Å². The molecule has 1 atom stereocenters. The van der Waals surface area contributed by atoms with Crippen LogP contribution in [-0.2, 0) is 0 Å². The van der Waals surface area contributed by atoms with Gasteiger partial charge in [0.1, 0.15) is 5.75 Å². The van der Waals surface area contributed by atoms with Crippen molar-refractivity contribution in [3.8, 4) is 11.5 Å². The second-order valence-electron chi connectivity index (χ2n) is 4.75. The zero-order chi connectivity index (χ0) is 15.6. The Morgan fingerprint density at radius 2 is 2.05 bits per heavy atom. The Kier molecular flexibility index (Phi) is 4.59. The first kappa shape index (κ1) is 15.5. The van der Waals surface area contributed by atoms with Crippen molar-refractivity contribution in [1.82, 2.24) is 0 Å². The van der Waals surface area contributed by atoms with E-state index in [1.165, 1.54) is 6.07 Å². The first-order valence-electron chi connectivity index (χ1n) is 6.37. The minimum absolute atomic E-state index is 0.0533. The molecule has 0 saturated carbocycles. The number of aryl methyl sites for hydroxylation is 1. The molecule has 0 aliphatic heterocycles. The van der Waals surface area contributed by atoms with Crippen molar-refractivity contribution in [2.45, 2.75) is 19.9 Å². The molecule has 0 aliphatic carbocycles. The number of halogens is 1. The molecule has 110 valence electrons. The molecule has 0 fully saturated rings. The molecule has 2 N–H and O–H groups in total. The molecular formula is C15H15BrN2O3. The summed E-state index contributed by atoms with van der Waals surface area (Å²) in [5.74, 6) is 0.770. The van der Waals surface area contributed by atoms with Gasteiger partial charge in [-0.15, -0.1) is 0 Å². The van der Waals surface area contributed by atoms with Gasteiger partial charge in [-0.3, -0.25) is 10.1 Å². The highest BCUT2D eigenvalue weighted by Gasteiger charge is 2.18. The van der Waals surface area contributed by atoms with Gasteiger partial charge in [-0.2, -0.15) is 0 Å². The lowest BCUT2D eigenvalue weighted by Gasteiger charge is -2.12. The molecule has 0 saturated heterocycles. The number of rotatable bonds is 4. The van der Waals surface area contributed by atoms with Crippen LogP contribution in [0.4, 0.5) is 5.69 Å². The summed E-state index contributed by atoms with van der Waals surface area (Å²) in [4.78, 5) is 10.6. The molecular weight excluding hydrogens is 336 g/mol. The van der Waals surface area contributed by atoms with Gasteiger partial charge in [-0.05, 0) is 37.1 Å². The molecule has 21 heavy (non-hydrogen) atoms. The third kappa shape index (κ3) is 3.40. The third-order valence-electron chi connectivity index (χ3n) is 3.07. The molecule has 2 aromatic carbocycles. The minimum atomic E-state index is -0.451. The van der Waals surface area contributed by atoms with Gasteiger partial charge in [-0.25, -0.2) is 0 Å². The Morgan fingerprint density at radius 3 is 2.62 bits per heavy atom. The maximum Gasteiger partial charge on any atom is 0.311 e. The van der Waals surface area contributed by atoms with E-state index in [0.29, 0.717) is 11.3 Å². The number of ether oxygens (including phenoxy) is 1.